The van der Waals surface area contributed by atoms with Crippen LogP contribution in [0.2, 0.25) is 0 Å². The number of nitrogens with zero attached hydrogens (tertiary/aromatic N) is 1. The Labute approximate surface area is 94.2 Å². The second-order valence-corrected chi connectivity index (χ2v) is 4.93. The number of amides is 1. The van der Waals surface area contributed by atoms with Crippen molar-refractivity contribution in [2.45, 2.75) is 25.7 Å². The Bertz CT molecular complexity index is 274. The highest BCUT2D eigenvalue weighted by Crippen LogP contribution is 2.32. The van der Waals surface area contributed by atoms with Crippen molar-refractivity contribution >= 4 is 5.91 Å². The Morgan fingerprint density at radius 3 is 2.62 bits per heavy atom. The Morgan fingerprint density at radius 2 is 2.12 bits per heavy atom. The molecule has 1 atom stereocenters. The normalized spacial score (nSPS) is 27.7. The molecule has 3 nitrogen and oxygen atoms in total. The quantitative estimate of drug-likeness (QED) is 0.773. The smallest absolute Gasteiger partial charge is 0.249 e. The van der Waals surface area contributed by atoms with Gasteiger partial charge in [-0.15, -0.1) is 0 Å². The highest BCUT2D eigenvalue weighted by atomic mass is 19.3. The van der Waals surface area contributed by atoms with Crippen LogP contribution in [0.5, 0.6) is 0 Å². The number of rotatable bonds is 2. The number of hydrogen-bond donors (Lipinski definition) is 1. The minimum Gasteiger partial charge on any atom is -0.342 e. The lowest BCUT2D eigenvalue weighted by Gasteiger charge is -2.39. The molecule has 92 valence electrons. The van der Waals surface area contributed by atoms with Crippen LogP contribution in [0, 0.1) is 11.8 Å². The molecule has 0 radical (unpaired) electrons. The van der Waals surface area contributed by atoms with Gasteiger partial charge >= 0.3 is 0 Å². The number of piperidine rings is 1. The van der Waals surface area contributed by atoms with Crippen LogP contribution in [0.3, 0.4) is 0 Å². The number of likely N-dealkylation sites (tertiary alicyclic amines) is 1. The number of carbonyl (C=O) groups excluding carboxylic acids is 1. The van der Waals surface area contributed by atoms with Crippen LogP contribution in [-0.2, 0) is 4.79 Å². The van der Waals surface area contributed by atoms with Gasteiger partial charge in [0.05, 0.1) is 5.92 Å². The van der Waals surface area contributed by atoms with E-state index < -0.39 is 11.8 Å². The van der Waals surface area contributed by atoms with E-state index in [2.05, 4.69) is 5.32 Å². The van der Waals surface area contributed by atoms with Gasteiger partial charge in [-0.25, -0.2) is 8.78 Å². The van der Waals surface area contributed by atoms with Crippen molar-refractivity contribution in [1.29, 1.82) is 0 Å². The topological polar surface area (TPSA) is 32.3 Å². The second-order valence-electron chi connectivity index (χ2n) is 4.93. The van der Waals surface area contributed by atoms with Crippen molar-refractivity contribution < 1.29 is 13.6 Å². The first kappa shape index (κ1) is 11.8. The molecule has 0 aromatic rings. The van der Waals surface area contributed by atoms with Crippen molar-refractivity contribution in [1.82, 2.24) is 10.2 Å². The molecule has 16 heavy (non-hydrogen) atoms. The maximum Gasteiger partial charge on any atom is 0.249 e. The third kappa shape index (κ3) is 2.34. The molecule has 0 saturated carbocycles. The van der Waals surface area contributed by atoms with E-state index in [1.165, 1.54) is 0 Å². The molecule has 2 aliphatic rings. The van der Waals surface area contributed by atoms with Gasteiger partial charge in [-0.2, -0.15) is 0 Å². The largest absolute Gasteiger partial charge is 0.342 e. The summed E-state index contributed by atoms with van der Waals surface area (Å²) in [7, 11) is 0. The summed E-state index contributed by atoms with van der Waals surface area (Å²) in [5.74, 6) is -3.27. The van der Waals surface area contributed by atoms with Crippen LogP contribution in [0.4, 0.5) is 8.78 Å². The SMILES string of the molecule is CC(F)(F)[C@@H]1CCCN(C(=O)C2CNC2)C1. The molecule has 0 unspecified atom stereocenters. The lowest BCUT2D eigenvalue weighted by molar-refractivity contribution is -0.142. The van der Waals surface area contributed by atoms with Crippen LogP contribution in [-0.4, -0.2) is 42.9 Å². The van der Waals surface area contributed by atoms with Gasteiger partial charge in [0.25, 0.3) is 0 Å². The van der Waals surface area contributed by atoms with E-state index in [9.17, 15) is 13.6 Å². The van der Waals surface area contributed by atoms with Gasteiger partial charge in [0.1, 0.15) is 0 Å². The molecular formula is C11H18F2N2O. The van der Waals surface area contributed by atoms with E-state index in [1.807, 2.05) is 0 Å². The summed E-state index contributed by atoms with van der Waals surface area (Å²) < 4.78 is 26.4. The zero-order valence-corrected chi connectivity index (χ0v) is 9.51. The van der Waals surface area contributed by atoms with Gasteiger partial charge in [-0.05, 0) is 19.8 Å². The van der Waals surface area contributed by atoms with Gasteiger partial charge in [0.2, 0.25) is 11.8 Å². The van der Waals surface area contributed by atoms with E-state index in [1.54, 1.807) is 4.90 Å². The first-order valence-electron chi connectivity index (χ1n) is 5.86. The summed E-state index contributed by atoms with van der Waals surface area (Å²) in [6, 6.07) is 0. The predicted molar refractivity (Wildman–Crippen MR) is 56.3 cm³/mol. The van der Waals surface area contributed by atoms with Crippen LogP contribution < -0.4 is 5.32 Å². The molecule has 2 saturated heterocycles. The standard InChI is InChI=1S/C11H18F2N2O/c1-11(12,13)9-3-2-4-15(7-9)10(16)8-5-14-6-8/h8-9,14H,2-7H2,1H3/t9-/m1/s1. The predicted octanol–water partition coefficient (Wildman–Crippen LogP) is 1.10. The fourth-order valence-electron chi connectivity index (χ4n) is 2.31. The van der Waals surface area contributed by atoms with Crippen molar-refractivity contribution in [3.8, 4) is 0 Å². The maximum atomic E-state index is 13.2. The summed E-state index contributed by atoms with van der Waals surface area (Å²) >= 11 is 0. The number of alkyl halides is 2. The molecule has 0 bridgehead atoms. The highest BCUT2D eigenvalue weighted by molar-refractivity contribution is 5.80. The summed E-state index contributed by atoms with van der Waals surface area (Å²) in [5.41, 5.74) is 0. The molecule has 5 heteroatoms. The Balaban J connectivity index is 1.93. The third-order valence-electron chi connectivity index (χ3n) is 3.58. The third-order valence-corrected chi connectivity index (χ3v) is 3.58. The minimum atomic E-state index is -2.67. The lowest BCUT2D eigenvalue weighted by atomic mass is 9.91. The molecule has 1 amide bonds. The van der Waals surface area contributed by atoms with Gasteiger partial charge in [0, 0.05) is 32.1 Å². The van der Waals surface area contributed by atoms with E-state index >= 15 is 0 Å². The molecule has 2 heterocycles. The first-order valence-corrected chi connectivity index (χ1v) is 5.86. The fourth-order valence-corrected chi connectivity index (χ4v) is 2.31. The van der Waals surface area contributed by atoms with E-state index in [-0.39, 0.29) is 18.4 Å². The summed E-state index contributed by atoms with van der Waals surface area (Å²) in [6.07, 6.45) is 1.22. The van der Waals surface area contributed by atoms with Crippen LogP contribution in [0.15, 0.2) is 0 Å². The molecule has 0 aliphatic carbocycles. The van der Waals surface area contributed by atoms with Crippen molar-refractivity contribution in [3.63, 3.8) is 0 Å². The average Bonchev–Trinajstić information content (AvgIpc) is 2.14. The molecule has 0 aromatic carbocycles. The van der Waals surface area contributed by atoms with Crippen molar-refractivity contribution in [2.75, 3.05) is 26.2 Å². The fraction of sp³-hybridized carbons (Fsp3) is 0.909. The lowest BCUT2D eigenvalue weighted by Crippen LogP contribution is -2.55. The number of carbonyl (C=O) groups is 1. The molecule has 0 spiro atoms. The Hall–Kier alpha value is -0.710. The molecule has 2 rings (SSSR count). The first-order chi connectivity index (χ1) is 7.48. The number of halogens is 2. The van der Waals surface area contributed by atoms with Gasteiger partial charge < -0.3 is 10.2 Å². The minimum absolute atomic E-state index is 0.0178. The van der Waals surface area contributed by atoms with Gasteiger partial charge in [-0.3, -0.25) is 4.79 Å². The summed E-state index contributed by atoms with van der Waals surface area (Å²) in [4.78, 5) is 13.5. The van der Waals surface area contributed by atoms with Gasteiger partial charge in [0.15, 0.2) is 0 Å². The molecule has 1 N–H and O–H groups in total. The van der Waals surface area contributed by atoms with E-state index in [4.69, 9.17) is 0 Å². The molecular weight excluding hydrogens is 214 g/mol. The average molecular weight is 232 g/mol. The number of nitrogens with one attached hydrogen (secondary N) is 1. The van der Waals surface area contributed by atoms with Crippen LogP contribution in [0.1, 0.15) is 19.8 Å². The van der Waals surface area contributed by atoms with Crippen LogP contribution in [0.25, 0.3) is 0 Å². The zero-order valence-electron chi connectivity index (χ0n) is 9.51. The second kappa shape index (κ2) is 4.28. The summed E-state index contributed by atoms with van der Waals surface area (Å²) in [5, 5.41) is 3.03. The van der Waals surface area contributed by atoms with Crippen LogP contribution >= 0.6 is 0 Å². The van der Waals surface area contributed by atoms with Gasteiger partial charge in [-0.1, -0.05) is 0 Å². The Kier molecular flexibility index (Phi) is 3.15. The molecule has 2 aliphatic heterocycles. The van der Waals surface area contributed by atoms with Crippen molar-refractivity contribution in [2.24, 2.45) is 11.8 Å². The monoisotopic (exact) mass is 232 g/mol. The number of hydrogen-bond acceptors (Lipinski definition) is 2. The van der Waals surface area contributed by atoms with E-state index in [0.717, 1.165) is 6.92 Å². The molecule has 0 aromatic heterocycles. The molecule has 2 fully saturated rings. The Morgan fingerprint density at radius 1 is 1.44 bits per heavy atom. The maximum absolute atomic E-state index is 13.2. The summed E-state index contributed by atoms with van der Waals surface area (Å²) in [6.45, 7) is 3.21. The highest BCUT2D eigenvalue weighted by Gasteiger charge is 2.40. The van der Waals surface area contributed by atoms with Crippen molar-refractivity contribution in [3.05, 3.63) is 0 Å². The zero-order chi connectivity index (χ0) is 11.8. The van der Waals surface area contributed by atoms with E-state index in [0.29, 0.717) is 32.5 Å².